The molecule has 0 amide bonds. The Labute approximate surface area is 591 Å². The molecule has 0 aromatic carbocycles. The van der Waals surface area contributed by atoms with Crippen LogP contribution in [0.5, 0.6) is 0 Å². The first-order valence-corrected chi connectivity index (χ1v) is 42.7. The number of ether oxygens (including phenoxy) is 4. The predicted octanol–water partition coefficient (Wildman–Crippen LogP) is 24.5. The molecule has 0 saturated heterocycles. The summed E-state index contributed by atoms with van der Waals surface area (Å²) in [4.78, 5) is 53.3. The van der Waals surface area contributed by atoms with Crippen molar-refractivity contribution in [1.29, 1.82) is 0 Å². The van der Waals surface area contributed by atoms with Gasteiger partial charge in [0.15, 0.2) is 0 Å². The van der Waals surface area contributed by atoms with Crippen LogP contribution in [0.3, 0.4) is 0 Å². The second-order valence-electron chi connectivity index (χ2n) is 29.2. The summed E-state index contributed by atoms with van der Waals surface area (Å²) in [5.41, 5.74) is 0. The largest absolute Gasteiger partial charge is 0.466 e. The molecule has 0 aliphatic heterocycles. The Morgan fingerprint density at radius 1 is 0.211 bits per heavy atom. The van der Waals surface area contributed by atoms with Crippen LogP contribution in [0.1, 0.15) is 451 Å². The Hall–Kier alpha value is -2.24. The molecule has 0 rings (SSSR count). The zero-order chi connectivity index (χ0) is 68.7. The topological polar surface area (TPSA) is 141 Å². The van der Waals surface area contributed by atoms with Crippen molar-refractivity contribution in [3.63, 3.8) is 0 Å². The number of esters is 4. The van der Waals surface area contributed by atoms with Gasteiger partial charge < -0.3 is 34.9 Å². The second kappa shape index (κ2) is 80.7. The molecule has 0 saturated carbocycles. The first-order chi connectivity index (χ1) is 46.9. The van der Waals surface area contributed by atoms with Crippen LogP contribution in [0, 0.1) is 0 Å². The van der Waals surface area contributed by atoms with Gasteiger partial charge in [-0.05, 0) is 25.7 Å². The molecule has 0 aromatic rings. The summed E-state index contributed by atoms with van der Waals surface area (Å²) in [5.74, 6) is -1.57. The summed E-state index contributed by atoms with van der Waals surface area (Å²) >= 11 is 0. The molecule has 0 fully saturated rings. The second-order valence-corrected chi connectivity index (χ2v) is 29.2. The molecule has 0 unspecified atom stereocenters. The van der Waals surface area contributed by atoms with E-state index < -0.39 is 24.0 Å². The predicted molar refractivity (Wildman–Crippen MR) is 408 cm³/mol. The highest BCUT2D eigenvalue weighted by atomic mass is 16.5. The van der Waals surface area contributed by atoms with E-state index in [9.17, 15) is 19.2 Å². The third-order valence-corrected chi connectivity index (χ3v) is 19.7. The van der Waals surface area contributed by atoms with Gasteiger partial charge in [-0.2, -0.15) is 0 Å². The number of rotatable bonds is 82. The van der Waals surface area contributed by atoms with E-state index in [1.165, 1.54) is 334 Å². The van der Waals surface area contributed by atoms with Crippen LogP contribution < -0.4 is 16.0 Å². The molecule has 0 aliphatic rings. The number of hydrogen-bond acceptors (Lipinski definition) is 11. The SMILES string of the molecule is CCCCCCCCCCCCCCCCCCOC(=O)C[C@H](NCCNCCN[C@@H](CC(=O)OCCCCCCCCCCCCCCCCCC)C(=O)OCCCCCCCCCCCCCCCCCC)C(=O)OCCCCCCCCCCCCCCCCCC. The summed E-state index contributed by atoms with van der Waals surface area (Å²) in [6, 6.07) is -1.60. The first kappa shape index (κ1) is 92.8. The van der Waals surface area contributed by atoms with Gasteiger partial charge in [0.1, 0.15) is 12.1 Å². The van der Waals surface area contributed by atoms with Crippen LogP contribution in [-0.4, -0.2) is 88.6 Å². The van der Waals surface area contributed by atoms with Crippen LogP contribution >= 0.6 is 0 Å². The lowest BCUT2D eigenvalue weighted by atomic mass is 10.0. The summed E-state index contributed by atoms with van der Waals surface area (Å²) < 4.78 is 22.9. The van der Waals surface area contributed by atoms with Gasteiger partial charge in [0, 0.05) is 26.2 Å². The van der Waals surface area contributed by atoms with E-state index in [1.54, 1.807) is 0 Å². The minimum Gasteiger partial charge on any atom is -0.466 e. The molecule has 95 heavy (non-hydrogen) atoms. The summed E-state index contributed by atoms with van der Waals surface area (Å²) in [5, 5.41) is 9.97. The van der Waals surface area contributed by atoms with Crippen molar-refractivity contribution in [3.8, 4) is 0 Å². The maximum atomic E-state index is 13.5. The van der Waals surface area contributed by atoms with E-state index in [1.807, 2.05) is 0 Å². The van der Waals surface area contributed by atoms with E-state index in [-0.39, 0.29) is 24.8 Å². The van der Waals surface area contributed by atoms with Crippen molar-refractivity contribution >= 4 is 23.9 Å². The Bertz CT molecular complexity index is 1440. The van der Waals surface area contributed by atoms with Gasteiger partial charge in [-0.3, -0.25) is 19.2 Å². The molecule has 0 aliphatic carbocycles. The Balaban J connectivity index is 5.03. The minimum absolute atomic E-state index is 0.0724. The van der Waals surface area contributed by atoms with Crippen LogP contribution in [0.25, 0.3) is 0 Å². The zero-order valence-corrected chi connectivity index (χ0v) is 64.2. The van der Waals surface area contributed by atoms with Crippen LogP contribution in [0.15, 0.2) is 0 Å². The number of nitrogens with one attached hydrogen (secondary N) is 3. The molecule has 0 bridgehead atoms. The van der Waals surface area contributed by atoms with Crippen molar-refractivity contribution < 1.29 is 38.1 Å². The fourth-order valence-corrected chi connectivity index (χ4v) is 13.2. The Morgan fingerprint density at radius 2 is 0.368 bits per heavy atom. The van der Waals surface area contributed by atoms with Crippen molar-refractivity contribution in [2.75, 3.05) is 52.6 Å². The number of unbranched alkanes of at least 4 members (excludes halogenated alkanes) is 60. The van der Waals surface area contributed by atoms with E-state index in [2.05, 4.69) is 43.6 Å². The van der Waals surface area contributed by atoms with Gasteiger partial charge >= 0.3 is 23.9 Å². The highest BCUT2D eigenvalue weighted by molar-refractivity contribution is 5.83. The molecular formula is C84H165N3O8. The average molecular weight is 1350 g/mol. The van der Waals surface area contributed by atoms with Crippen molar-refractivity contribution in [2.45, 2.75) is 464 Å². The molecule has 11 nitrogen and oxygen atoms in total. The third-order valence-electron chi connectivity index (χ3n) is 19.7. The highest BCUT2D eigenvalue weighted by Gasteiger charge is 2.25. The van der Waals surface area contributed by atoms with Crippen molar-refractivity contribution in [3.05, 3.63) is 0 Å². The number of carbonyl (C=O) groups excluding carboxylic acids is 4. The van der Waals surface area contributed by atoms with E-state index in [0.29, 0.717) is 52.6 Å². The molecule has 3 N–H and O–H groups in total. The molecular weight excluding hydrogens is 1180 g/mol. The van der Waals surface area contributed by atoms with Crippen molar-refractivity contribution in [1.82, 2.24) is 16.0 Å². The minimum atomic E-state index is -0.798. The lowest BCUT2D eigenvalue weighted by molar-refractivity contribution is -0.153. The van der Waals surface area contributed by atoms with Gasteiger partial charge in [0.25, 0.3) is 0 Å². The van der Waals surface area contributed by atoms with Gasteiger partial charge in [0.05, 0.1) is 39.3 Å². The first-order valence-electron chi connectivity index (χ1n) is 42.7. The molecule has 11 heteroatoms. The standard InChI is InChI=1S/C84H165N3O8/c1-5-9-13-17-21-25-29-33-37-41-45-49-53-57-61-65-73-92-81(88)77-79(83(90)94-75-67-63-59-55-51-47-43-39-35-31-27-23-19-15-11-7-3)86-71-69-85-70-72-87-80(84(91)95-76-68-64-60-56-52-48-44-40-36-32-28-24-20-16-12-8-4)78-82(89)93-74-66-62-58-54-50-46-42-38-34-30-26-22-18-14-10-6-2/h79-80,85-87H,5-78H2,1-4H3/t79-,80-/m0/s1. The maximum absolute atomic E-state index is 13.5. The normalized spacial score (nSPS) is 12.2. The van der Waals surface area contributed by atoms with Crippen LogP contribution in [0.4, 0.5) is 0 Å². The fraction of sp³-hybridized carbons (Fsp3) is 0.952. The lowest BCUT2D eigenvalue weighted by Gasteiger charge is -2.19. The van der Waals surface area contributed by atoms with Gasteiger partial charge in [-0.25, -0.2) is 0 Å². The van der Waals surface area contributed by atoms with Crippen molar-refractivity contribution in [2.24, 2.45) is 0 Å². The smallest absolute Gasteiger partial charge is 0.323 e. The summed E-state index contributed by atoms with van der Waals surface area (Å²) in [6.45, 7) is 12.5. The molecule has 564 valence electrons. The zero-order valence-electron chi connectivity index (χ0n) is 64.2. The third kappa shape index (κ3) is 74.3. The number of carbonyl (C=O) groups is 4. The quantitative estimate of drug-likeness (QED) is 0.0304. The molecule has 0 spiro atoms. The van der Waals surface area contributed by atoms with E-state index >= 15 is 0 Å². The van der Waals surface area contributed by atoms with Gasteiger partial charge in [-0.15, -0.1) is 0 Å². The van der Waals surface area contributed by atoms with Crippen LogP contribution in [-0.2, 0) is 38.1 Å². The van der Waals surface area contributed by atoms with Gasteiger partial charge in [-0.1, -0.05) is 413 Å². The monoisotopic (exact) mass is 1340 g/mol. The van der Waals surface area contributed by atoms with E-state index in [0.717, 1.165) is 77.0 Å². The summed E-state index contributed by atoms with van der Waals surface area (Å²) in [7, 11) is 0. The molecule has 2 atom stereocenters. The molecule has 0 aromatic heterocycles. The number of hydrogen-bond donors (Lipinski definition) is 3. The fourth-order valence-electron chi connectivity index (χ4n) is 13.2. The molecule has 0 radical (unpaired) electrons. The van der Waals surface area contributed by atoms with Gasteiger partial charge in [0.2, 0.25) is 0 Å². The Morgan fingerprint density at radius 3 is 0.547 bits per heavy atom. The summed E-state index contributed by atoms with van der Waals surface area (Å²) in [6.07, 6.45) is 82.3. The van der Waals surface area contributed by atoms with Crippen LogP contribution in [0.2, 0.25) is 0 Å². The maximum Gasteiger partial charge on any atom is 0.323 e. The highest BCUT2D eigenvalue weighted by Crippen LogP contribution is 2.19. The lowest BCUT2D eigenvalue weighted by Crippen LogP contribution is -2.45. The average Bonchev–Trinajstić information content (AvgIpc) is 2.41. The Kier molecular flexibility index (Phi) is 78.8. The van der Waals surface area contributed by atoms with E-state index in [4.69, 9.17) is 18.9 Å². The molecule has 0 heterocycles.